The van der Waals surface area contributed by atoms with Gasteiger partial charge in [-0.25, -0.2) is 4.79 Å². The minimum Gasteiger partial charge on any atom is -0.478 e. The van der Waals surface area contributed by atoms with Gasteiger partial charge in [0.05, 0.1) is 6.42 Å². The number of hydrogen-bond donors (Lipinski definition) is 2. The molecule has 3 aromatic carbocycles. The lowest BCUT2D eigenvalue weighted by atomic mass is 10.0. The molecule has 4 heteroatoms. The fourth-order valence-electron chi connectivity index (χ4n) is 2.78. The van der Waals surface area contributed by atoms with Gasteiger partial charge in [0.2, 0.25) is 5.91 Å². The smallest absolute Gasteiger partial charge is 0.332 e. The molecule has 0 radical (unpaired) electrons. The van der Waals surface area contributed by atoms with Crippen molar-refractivity contribution in [3.8, 4) is 0 Å². The summed E-state index contributed by atoms with van der Waals surface area (Å²) in [6.45, 7) is 0.376. The summed E-state index contributed by atoms with van der Waals surface area (Å²) >= 11 is 0. The summed E-state index contributed by atoms with van der Waals surface area (Å²) in [5.41, 5.74) is 1.82. The number of carboxylic acids is 1. The second-order valence-electron chi connectivity index (χ2n) is 5.98. The van der Waals surface area contributed by atoms with E-state index in [4.69, 9.17) is 0 Å². The number of carbonyl (C=O) groups excluding carboxylic acids is 1. The van der Waals surface area contributed by atoms with Gasteiger partial charge in [0, 0.05) is 12.1 Å². The van der Waals surface area contributed by atoms with E-state index in [1.165, 1.54) is 0 Å². The number of hydrogen-bond acceptors (Lipinski definition) is 2. The molecule has 1 amide bonds. The average molecular weight is 345 g/mol. The first kappa shape index (κ1) is 17.4. The maximum absolute atomic E-state index is 12.2. The largest absolute Gasteiger partial charge is 0.478 e. The van der Waals surface area contributed by atoms with Crippen LogP contribution in [-0.4, -0.2) is 17.0 Å². The molecule has 0 atom stereocenters. The lowest BCUT2D eigenvalue weighted by Crippen LogP contribution is -2.24. The summed E-state index contributed by atoms with van der Waals surface area (Å²) in [6.07, 6.45) is 1.40. The van der Waals surface area contributed by atoms with E-state index in [1.807, 2.05) is 72.8 Å². The molecule has 0 heterocycles. The summed E-state index contributed by atoms with van der Waals surface area (Å²) in [7, 11) is 0. The molecule has 0 aliphatic carbocycles. The Morgan fingerprint density at radius 1 is 0.885 bits per heavy atom. The lowest BCUT2D eigenvalue weighted by molar-refractivity contribution is -0.134. The first-order valence-corrected chi connectivity index (χ1v) is 8.36. The molecule has 0 spiro atoms. The van der Waals surface area contributed by atoms with Crippen LogP contribution in [0.3, 0.4) is 0 Å². The Labute approximate surface area is 151 Å². The molecular formula is C22H19NO3. The van der Waals surface area contributed by atoms with Gasteiger partial charge in [-0.2, -0.15) is 0 Å². The first-order chi connectivity index (χ1) is 12.6. The van der Waals surface area contributed by atoms with Crippen LogP contribution in [0.5, 0.6) is 0 Å². The third-order valence-corrected chi connectivity index (χ3v) is 4.11. The lowest BCUT2D eigenvalue weighted by Gasteiger charge is -2.07. The van der Waals surface area contributed by atoms with Crippen LogP contribution in [-0.2, 0) is 16.1 Å². The summed E-state index contributed by atoms with van der Waals surface area (Å²) in [4.78, 5) is 23.8. The van der Waals surface area contributed by atoms with E-state index >= 15 is 0 Å². The Hall–Kier alpha value is -3.40. The molecule has 130 valence electrons. The van der Waals surface area contributed by atoms with Crippen molar-refractivity contribution in [1.29, 1.82) is 0 Å². The van der Waals surface area contributed by atoms with Crippen LogP contribution in [0.25, 0.3) is 16.8 Å². The number of fused-ring (bicyclic) bond motifs is 1. The highest BCUT2D eigenvalue weighted by atomic mass is 16.4. The number of rotatable bonds is 6. The van der Waals surface area contributed by atoms with Gasteiger partial charge >= 0.3 is 5.97 Å². The van der Waals surface area contributed by atoms with Crippen LogP contribution < -0.4 is 5.32 Å². The van der Waals surface area contributed by atoms with E-state index in [-0.39, 0.29) is 17.9 Å². The van der Waals surface area contributed by atoms with Gasteiger partial charge in [-0.3, -0.25) is 4.79 Å². The number of nitrogens with one attached hydrogen (secondary N) is 1. The Kier molecular flexibility index (Phi) is 5.44. The van der Waals surface area contributed by atoms with E-state index in [0.29, 0.717) is 6.54 Å². The van der Waals surface area contributed by atoms with Crippen LogP contribution in [0.1, 0.15) is 17.5 Å². The highest BCUT2D eigenvalue weighted by Gasteiger charge is 2.13. The summed E-state index contributed by atoms with van der Waals surface area (Å²) in [6, 6.07) is 23.0. The van der Waals surface area contributed by atoms with Gasteiger partial charge in [0.15, 0.2) is 0 Å². The van der Waals surface area contributed by atoms with Crippen LogP contribution in [0.2, 0.25) is 0 Å². The summed E-state index contributed by atoms with van der Waals surface area (Å²) < 4.78 is 0. The molecule has 0 saturated carbocycles. The molecule has 0 aliphatic rings. The molecule has 2 N–H and O–H groups in total. The second kappa shape index (κ2) is 8.12. The monoisotopic (exact) mass is 345 g/mol. The zero-order valence-corrected chi connectivity index (χ0v) is 14.2. The third kappa shape index (κ3) is 4.36. The number of aliphatic carboxylic acids is 1. The molecule has 0 aliphatic heterocycles. The topological polar surface area (TPSA) is 66.4 Å². The molecule has 0 bridgehead atoms. The highest BCUT2D eigenvalue weighted by molar-refractivity contribution is 6.01. The SMILES string of the molecule is O=C(CC(=Cc1cccc2ccccc12)C(=O)O)NCc1ccccc1. The Morgan fingerprint density at radius 3 is 2.35 bits per heavy atom. The molecule has 26 heavy (non-hydrogen) atoms. The van der Waals surface area contributed by atoms with E-state index in [0.717, 1.165) is 21.9 Å². The van der Waals surface area contributed by atoms with E-state index < -0.39 is 5.97 Å². The maximum atomic E-state index is 12.2. The summed E-state index contributed by atoms with van der Waals surface area (Å²) in [5.74, 6) is -1.41. The first-order valence-electron chi connectivity index (χ1n) is 8.36. The van der Waals surface area contributed by atoms with Gasteiger partial charge in [-0.15, -0.1) is 0 Å². The number of carboxylic acid groups (broad SMARTS) is 1. The number of benzene rings is 3. The minimum absolute atomic E-state index is 0.0620. The molecule has 3 rings (SSSR count). The minimum atomic E-state index is -1.09. The van der Waals surface area contributed by atoms with Crippen molar-refractivity contribution in [2.45, 2.75) is 13.0 Å². The van der Waals surface area contributed by atoms with Crippen LogP contribution in [0.15, 0.2) is 78.4 Å². The van der Waals surface area contributed by atoms with Crippen molar-refractivity contribution in [1.82, 2.24) is 5.32 Å². The molecule has 0 unspecified atom stereocenters. The Balaban J connectivity index is 1.77. The molecule has 0 saturated heterocycles. The normalized spacial score (nSPS) is 11.3. The third-order valence-electron chi connectivity index (χ3n) is 4.11. The van der Waals surface area contributed by atoms with Crippen molar-refractivity contribution in [2.24, 2.45) is 0 Å². The quantitative estimate of drug-likeness (QED) is 0.663. The van der Waals surface area contributed by atoms with Crippen molar-refractivity contribution < 1.29 is 14.7 Å². The van der Waals surface area contributed by atoms with Crippen molar-refractivity contribution in [3.63, 3.8) is 0 Å². The van der Waals surface area contributed by atoms with Gasteiger partial charge in [-0.05, 0) is 28.0 Å². The maximum Gasteiger partial charge on any atom is 0.332 e. The Bertz CT molecular complexity index is 956. The van der Waals surface area contributed by atoms with Gasteiger partial charge in [0.1, 0.15) is 0 Å². The van der Waals surface area contributed by atoms with Crippen LogP contribution in [0.4, 0.5) is 0 Å². The van der Waals surface area contributed by atoms with E-state index in [9.17, 15) is 14.7 Å². The van der Waals surface area contributed by atoms with E-state index in [2.05, 4.69) is 5.32 Å². The van der Waals surface area contributed by atoms with Gasteiger partial charge in [-0.1, -0.05) is 72.8 Å². The summed E-state index contributed by atoms with van der Waals surface area (Å²) in [5, 5.41) is 14.2. The zero-order chi connectivity index (χ0) is 18.4. The highest BCUT2D eigenvalue weighted by Crippen LogP contribution is 2.21. The number of amides is 1. The van der Waals surface area contributed by atoms with Gasteiger partial charge < -0.3 is 10.4 Å². The predicted octanol–water partition coefficient (Wildman–Crippen LogP) is 4.01. The molecule has 3 aromatic rings. The molecule has 4 nitrogen and oxygen atoms in total. The van der Waals surface area contributed by atoms with Crippen molar-refractivity contribution >= 4 is 28.7 Å². The van der Waals surface area contributed by atoms with Crippen LogP contribution in [0, 0.1) is 0 Å². The van der Waals surface area contributed by atoms with Crippen molar-refractivity contribution in [3.05, 3.63) is 89.5 Å². The molecule has 0 fully saturated rings. The fourth-order valence-corrected chi connectivity index (χ4v) is 2.78. The van der Waals surface area contributed by atoms with Gasteiger partial charge in [0.25, 0.3) is 0 Å². The fraction of sp³-hybridized carbons (Fsp3) is 0.0909. The molecule has 0 aromatic heterocycles. The average Bonchev–Trinajstić information content (AvgIpc) is 2.67. The Morgan fingerprint density at radius 2 is 1.58 bits per heavy atom. The zero-order valence-electron chi connectivity index (χ0n) is 14.2. The van der Waals surface area contributed by atoms with Crippen LogP contribution >= 0.6 is 0 Å². The second-order valence-corrected chi connectivity index (χ2v) is 5.98. The molecular weight excluding hydrogens is 326 g/mol. The van der Waals surface area contributed by atoms with Crippen molar-refractivity contribution in [2.75, 3.05) is 0 Å². The van der Waals surface area contributed by atoms with E-state index in [1.54, 1.807) is 6.08 Å². The standard InChI is InChI=1S/C22H19NO3/c24-21(23-15-16-7-2-1-3-8-16)14-19(22(25)26)13-18-11-6-10-17-9-4-5-12-20(17)18/h1-13H,14-15H2,(H,23,24)(H,25,26). The predicted molar refractivity (Wildman–Crippen MR) is 102 cm³/mol. The number of carbonyl (C=O) groups is 2.